The van der Waals surface area contributed by atoms with Crippen molar-refractivity contribution in [3.8, 4) is 0 Å². The van der Waals surface area contributed by atoms with Gasteiger partial charge in [-0.05, 0) is 45.7 Å². The third kappa shape index (κ3) is 5.53. The molecule has 2 saturated heterocycles. The number of hydrogen-bond donors (Lipinski definition) is 1. The first kappa shape index (κ1) is 20.0. The summed E-state index contributed by atoms with van der Waals surface area (Å²) in [5, 5.41) is 3.34. The van der Waals surface area contributed by atoms with E-state index in [4.69, 9.17) is 0 Å². The average molecular weight is 347 g/mol. The van der Waals surface area contributed by atoms with Crippen molar-refractivity contribution in [3.63, 3.8) is 0 Å². The van der Waals surface area contributed by atoms with Crippen LogP contribution in [-0.4, -0.2) is 79.0 Å². The Balaban J connectivity index is 0.00000264. The zero-order valence-electron chi connectivity index (χ0n) is 14.4. The van der Waals surface area contributed by atoms with E-state index in [1.165, 1.54) is 6.42 Å². The highest BCUT2D eigenvalue weighted by atomic mass is 35.5. The first-order valence-electron chi connectivity index (χ1n) is 8.68. The van der Waals surface area contributed by atoms with Crippen molar-refractivity contribution in [1.29, 1.82) is 0 Å². The SMILES string of the molecule is CCN(CC)C(=O)N1CCN(C(=O)CCC2CCNC2)CC1.Cl. The third-order valence-corrected chi connectivity index (χ3v) is 4.87. The van der Waals surface area contributed by atoms with E-state index in [0.29, 0.717) is 38.5 Å². The van der Waals surface area contributed by atoms with Gasteiger partial charge in [-0.1, -0.05) is 0 Å². The summed E-state index contributed by atoms with van der Waals surface area (Å²) in [6.45, 7) is 10.3. The van der Waals surface area contributed by atoms with Crippen LogP contribution in [0.25, 0.3) is 0 Å². The minimum absolute atomic E-state index is 0. The van der Waals surface area contributed by atoms with Gasteiger partial charge in [0.25, 0.3) is 0 Å². The molecule has 0 saturated carbocycles. The second-order valence-corrected chi connectivity index (χ2v) is 6.22. The van der Waals surface area contributed by atoms with Gasteiger partial charge in [-0.15, -0.1) is 12.4 Å². The van der Waals surface area contributed by atoms with E-state index < -0.39 is 0 Å². The van der Waals surface area contributed by atoms with Crippen molar-refractivity contribution >= 4 is 24.3 Å². The number of urea groups is 1. The summed E-state index contributed by atoms with van der Waals surface area (Å²) < 4.78 is 0. The molecule has 1 N–H and O–H groups in total. The first-order chi connectivity index (χ1) is 10.7. The molecule has 0 radical (unpaired) electrons. The smallest absolute Gasteiger partial charge is 0.320 e. The molecule has 6 nitrogen and oxygen atoms in total. The van der Waals surface area contributed by atoms with Gasteiger partial charge in [0.05, 0.1) is 0 Å². The molecule has 3 amide bonds. The van der Waals surface area contributed by atoms with Gasteiger partial charge >= 0.3 is 6.03 Å². The normalized spacial score (nSPS) is 21.0. The molecule has 1 unspecified atom stereocenters. The maximum Gasteiger partial charge on any atom is 0.320 e. The van der Waals surface area contributed by atoms with Crippen molar-refractivity contribution in [2.45, 2.75) is 33.1 Å². The second kappa shape index (κ2) is 9.98. The van der Waals surface area contributed by atoms with E-state index in [1.807, 2.05) is 28.5 Å². The van der Waals surface area contributed by atoms with Crippen molar-refractivity contribution in [3.05, 3.63) is 0 Å². The molecule has 2 aliphatic heterocycles. The highest BCUT2D eigenvalue weighted by molar-refractivity contribution is 5.85. The molecule has 23 heavy (non-hydrogen) atoms. The number of halogens is 1. The highest BCUT2D eigenvalue weighted by Crippen LogP contribution is 2.16. The lowest BCUT2D eigenvalue weighted by atomic mass is 10.0. The van der Waals surface area contributed by atoms with E-state index in [2.05, 4.69) is 5.32 Å². The average Bonchev–Trinajstić information content (AvgIpc) is 3.07. The molecule has 7 heteroatoms. The van der Waals surface area contributed by atoms with Crippen LogP contribution in [-0.2, 0) is 4.79 Å². The molecule has 2 fully saturated rings. The molecular formula is C16H31ClN4O2. The molecule has 2 rings (SSSR count). The van der Waals surface area contributed by atoms with E-state index >= 15 is 0 Å². The van der Waals surface area contributed by atoms with Gasteiger partial charge in [0, 0.05) is 45.7 Å². The van der Waals surface area contributed by atoms with E-state index in [9.17, 15) is 9.59 Å². The Morgan fingerprint density at radius 2 is 1.70 bits per heavy atom. The van der Waals surface area contributed by atoms with Crippen LogP contribution in [0, 0.1) is 5.92 Å². The lowest BCUT2D eigenvalue weighted by molar-refractivity contribution is -0.133. The van der Waals surface area contributed by atoms with Crippen LogP contribution in [0.5, 0.6) is 0 Å². The number of nitrogens with zero attached hydrogens (tertiary/aromatic N) is 3. The van der Waals surface area contributed by atoms with Gasteiger partial charge in [0.15, 0.2) is 0 Å². The van der Waals surface area contributed by atoms with Crippen LogP contribution in [0.15, 0.2) is 0 Å². The van der Waals surface area contributed by atoms with E-state index in [-0.39, 0.29) is 24.3 Å². The maximum atomic E-state index is 12.3. The largest absolute Gasteiger partial charge is 0.339 e. The lowest BCUT2D eigenvalue weighted by Gasteiger charge is -2.37. The third-order valence-electron chi connectivity index (χ3n) is 4.87. The van der Waals surface area contributed by atoms with Crippen LogP contribution in [0.3, 0.4) is 0 Å². The van der Waals surface area contributed by atoms with Gasteiger partial charge in [0.1, 0.15) is 0 Å². The molecule has 2 aliphatic rings. The minimum Gasteiger partial charge on any atom is -0.339 e. The van der Waals surface area contributed by atoms with E-state index in [1.54, 1.807) is 0 Å². The number of carbonyl (C=O) groups excluding carboxylic acids is 2. The molecule has 1 atom stereocenters. The zero-order valence-corrected chi connectivity index (χ0v) is 15.2. The Kier molecular flexibility index (Phi) is 8.69. The molecule has 0 aromatic heterocycles. The fourth-order valence-electron chi connectivity index (χ4n) is 3.29. The molecular weight excluding hydrogens is 316 g/mol. The summed E-state index contributed by atoms with van der Waals surface area (Å²) in [6.07, 6.45) is 2.83. The summed E-state index contributed by atoms with van der Waals surface area (Å²) in [5.74, 6) is 0.913. The molecule has 0 spiro atoms. The summed E-state index contributed by atoms with van der Waals surface area (Å²) in [7, 11) is 0. The van der Waals surface area contributed by atoms with Gasteiger partial charge in [0.2, 0.25) is 5.91 Å². The fourth-order valence-corrected chi connectivity index (χ4v) is 3.29. The number of rotatable bonds is 5. The number of hydrogen-bond acceptors (Lipinski definition) is 3. The molecule has 0 aromatic carbocycles. The fraction of sp³-hybridized carbons (Fsp3) is 0.875. The van der Waals surface area contributed by atoms with Gasteiger partial charge < -0.3 is 20.0 Å². The van der Waals surface area contributed by atoms with Crippen LogP contribution < -0.4 is 5.32 Å². The molecule has 0 aromatic rings. The topological polar surface area (TPSA) is 55.9 Å². The first-order valence-corrected chi connectivity index (χ1v) is 8.68. The quantitative estimate of drug-likeness (QED) is 0.818. The van der Waals surface area contributed by atoms with Crippen LogP contribution in [0.4, 0.5) is 4.79 Å². The summed E-state index contributed by atoms with van der Waals surface area (Å²) in [5.41, 5.74) is 0. The minimum atomic E-state index is 0. The molecule has 2 heterocycles. The highest BCUT2D eigenvalue weighted by Gasteiger charge is 2.26. The van der Waals surface area contributed by atoms with Crippen molar-refractivity contribution in [2.75, 3.05) is 52.4 Å². The summed E-state index contributed by atoms with van der Waals surface area (Å²) >= 11 is 0. The van der Waals surface area contributed by atoms with Crippen LogP contribution in [0.2, 0.25) is 0 Å². The van der Waals surface area contributed by atoms with Crippen molar-refractivity contribution < 1.29 is 9.59 Å². The maximum absolute atomic E-state index is 12.3. The lowest BCUT2D eigenvalue weighted by Crippen LogP contribution is -2.54. The standard InChI is InChI=1S/C16H30N4O2.ClH/c1-3-18(4-2)16(22)20-11-9-19(10-12-20)15(21)6-5-14-7-8-17-13-14;/h14,17H,3-13H2,1-2H3;1H. The van der Waals surface area contributed by atoms with Gasteiger partial charge in [-0.25, -0.2) is 4.79 Å². The number of carbonyl (C=O) groups is 2. The molecule has 0 bridgehead atoms. The Bertz CT molecular complexity index is 376. The Morgan fingerprint density at radius 1 is 1.09 bits per heavy atom. The summed E-state index contributed by atoms with van der Waals surface area (Å²) in [6, 6.07) is 0.106. The Labute approximate surface area is 146 Å². The van der Waals surface area contributed by atoms with Gasteiger partial charge in [-0.2, -0.15) is 0 Å². The Morgan fingerprint density at radius 3 is 2.22 bits per heavy atom. The van der Waals surface area contributed by atoms with Crippen molar-refractivity contribution in [2.24, 2.45) is 5.92 Å². The van der Waals surface area contributed by atoms with Gasteiger partial charge in [-0.3, -0.25) is 4.79 Å². The Hall–Kier alpha value is -1.01. The number of amides is 3. The number of piperazine rings is 1. The predicted octanol–water partition coefficient (Wildman–Crippen LogP) is 1.40. The van der Waals surface area contributed by atoms with Crippen LogP contribution in [0.1, 0.15) is 33.1 Å². The van der Waals surface area contributed by atoms with E-state index in [0.717, 1.165) is 32.6 Å². The zero-order chi connectivity index (χ0) is 15.9. The monoisotopic (exact) mass is 346 g/mol. The van der Waals surface area contributed by atoms with Crippen molar-refractivity contribution in [1.82, 2.24) is 20.0 Å². The summed E-state index contributed by atoms with van der Waals surface area (Å²) in [4.78, 5) is 30.2. The van der Waals surface area contributed by atoms with Crippen LogP contribution >= 0.6 is 12.4 Å². The molecule has 0 aliphatic carbocycles. The predicted molar refractivity (Wildman–Crippen MR) is 93.9 cm³/mol. The molecule has 134 valence electrons. The second-order valence-electron chi connectivity index (χ2n) is 6.22. The number of nitrogens with one attached hydrogen (secondary N) is 1.